The Morgan fingerprint density at radius 1 is 1.21 bits per heavy atom. The minimum absolute atomic E-state index is 0.209. The van der Waals surface area contributed by atoms with Crippen molar-refractivity contribution in [3.8, 4) is 0 Å². The summed E-state index contributed by atoms with van der Waals surface area (Å²) in [6.45, 7) is 1.22. The van der Waals surface area contributed by atoms with Crippen molar-refractivity contribution in [2.75, 3.05) is 6.54 Å². The molecule has 0 bridgehead atoms. The van der Waals surface area contributed by atoms with Crippen LogP contribution in [0.1, 0.15) is 44.6 Å². The fourth-order valence-corrected chi connectivity index (χ4v) is 5.11. The number of benzene rings is 1. The molecular weight excluding hydrogens is 343 g/mol. The monoisotopic (exact) mass is 365 g/mol. The van der Waals surface area contributed by atoms with Gasteiger partial charge in [0.2, 0.25) is 10.0 Å². The van der Waals surface area contributed by atoms with Crippen LogP contribution in [0.3, 0.4) is 0 Å². The molecule has 0 radical (unpaired) electrons. The van der Waals surface area contributed by atoms with Crippen molar-refractivity contribution in [2.24, 2.45) is 0 Å². The van der Waals surface area contributed by atoms with Gasteiger partial charge in [-0.3, -0.25) is 0 Å². The van der Waals surface area contributed by atoms with Crippen LogP contribution in [0.2, 0.25) is 0 Å². The van der Waals surface area contributed by atoms with Gasteiger partial charge in [0, 0.05) is 12.6 Å². The number of aliphatic hydroxyl groups is 1. The van der Waals surface area contributed by atoms with E-state index >= 15 is 0 Å². The van der Waals surface area contributed by atoms with Gasteiger partial charge in [0.15, 0.2) is 0 Å². The first kappa shape index (κ1) is 19.2. The SMILES string of the molecule is CC(O)CN(C1CCCCC1)S(=O)(=O)c1ccccc1C(F)(F)F. The third-order valence-electron chi connectivity index (χ3n) is 4.21. The molecule has 0 amide bonds. The lowest BCUT2D eigenvalue weighted by atomic mass is 9.95. The Bertz CT molecular complexity index is 653. The van der Waals surface area contributed by atoms with Crippen LogP contribution in [0.5, 0.6) is 0 Å². The number of halogens is 3. The molecule has 0 spiro atoms. The lowest BCUT2D eigenvalue weighted by Crippen LogP contribution is -2.45. The molecule has 8 heteroatoms. The molecule has 0 saturated heterocycles. The second-order valence-corrected chi connectivity index (χ2v) is 8.07. The molecule has 1 unspecified atom stereocenters. The van der Waals surface area contributed by atoms with Crippen molar-refractivity contribution >= 4 is 10.0 Å². The van der Waals surface area contributed by atoms with Gasteiger partial charge in [-0.2, -0.15) is 17.5 Å². The number of alkyl halides is 3. The van der Waals surface area contributed by atoms with E-state index in [4.69, 9.17) is 0 Å². The topological polar surface area (TPSA) is 57.6 Å². The quantitative estimate of drug-likeness (QED) is 0.870. The fraction of sp³-hybridized carbons (Fsp3) is 0.625. The molecule has 0 aliphatic heterocycles. The molecule has 1 saturated carbocycles. The summed E-state index contributed by atoms with van der Waals surface area (Å²) < 4.78 is 66.6. The highest BCUT2D eigenvalue weighted by atomic mass is 32.2. The average Bonchev–Trinajstić information content (AvgIpc) is 2.52. The summed E-state index contributed by atoms with van der Waals surface area (Å²) in [7, 11) is -4.36. The van der Waals surface area contributed by atoms with Crippen molar-refractivity contribution in [1.29, 1.82) is 0 Å². The van der Waals surface area contributed by atoms with Crippen LogP contribution in [-0.4, -0.2) is 36.5 Å². The zero-order valence-corrected chi connectivity index (χ0v) is 14.3. The average molecular weight is 365 g/mol. The summed E-state index contributed by atoms with van der Waals surface area (Å²) in [5, 5.41) is 9.66. The summed E-state index contributed by atoms with van der Waals surface area (Å²) in [4.78, 5) is -0.747. The van der Waals surface area contributed by atoms with E-state index in [0.717, 1.165) is 35.7 Å². The second kappa shape index (κ2) is 7.41. The molecule has 0 aromatic heterocycles. The van der Waals surface area contributed by atoms with Gasteiger partial charge in [0.1, 0.15) is 0 Å². The zero-order chi connectivity index (χ0) is 18.0. The standard InChI is InChI=1S/C16H22F3NO3S/c1-12(21)11-20(13-7-3-2-4-8-13)24(22,23)15-10-6-5-9-14(15)16(17,18)19/h5-6,9-10,12-13,21H,2-4,7-8,11H2,1H3. The first-order valence-corrected chi connectivity index (χ1v) is 9.44. The van der Waals surface area contributed by atoms with Gasteiger partial charge < -0.3 is 5.11 Å². The van der Waals surface area contributed by atoms with E-state index in [9.17, 15) is 26.7 Å². The van der Waals surface area contributed by atoms with E-state index in [1.54, 1.807) is 0 Å². The Hall–Kier alpha value is -1.12. The molecule has 1 aliphatic carbocycles. The van der Waals surface area contributed by atoms with Crippen molar-refractivity contribution in [3.05, 3.63) is 29.8 Å². The Morgan fingerprint density at radius 2 is 1.79 bits per heavy atom. The zero-order valence-electron chi connectivity index (χ0n) is 13.5. The van der Waals surface area contributed by atoms with Gasteiger partial charge in [-0.05, 0) is 31.9 Å². The minimum atomic E-state index is -4.76. The Morgan fingerprint density at radius 3 is 2.33 bits per heavy atom. The van der Waals surface area contributed by atoms with Crippen LogP contribution >= 0.6 is 0 Å². The summed E-state index contributed by atoms with van der Waals surface area (Å²) in [5.74, 6) is 0. The van der Waals surface area contributed by atoms with Crippen molar-refractivity contribution in [2.45, 2.75) is 62.2 Å². The second-order valence-electron chi connectivity index (χ2n) is 6.21. The molecule has 1 N–H and O–H groups in total. The van der Waals surface area contributed by atoms with Gasteiger partial charge in [-0.15, -0.1) is 0 Å². The Kier molecular flexibility index (Phi) is 5.93. The summed E-state index contributed by atoms with van der Waals surface area (Å²) >= 11 is 0. The number of nitrogens with zero attached hydrogens (tertiary/aromatic N) is 1. The molecule has 0 heterocycles. The van der Waals surface area contributed by atoms with Crippen LogP contribution in [0, 0.1) is 0 Å². The number of hydrogen-bond donors (Lipinski definition) is 1. The molecule has 24 heavy (non-hydrogen) atoms. The molecule has 4 nitrogen and oxygen atoms in total. The maximum absolute atomic E-state index is 13.2. The van der Waals surface area contributed by atoms with Crippen LogP contribution in [0.4, 0.5) is 13.2 Å². The lowest BCUT2D eigenvalue weighted by Gasteiger charge is -2.34. The largest absolute Gasteiger partial charge is 0.417 e. The van der Waals surface area contributed by atoms with Gasteiger partial charge in [0.25, 0.3) is 0 Å². The third-order valence-corrected chi connectivity index (χ3v) is 6.18. The highest BCUT2D eigenvalue weighted by Crippen LogP contribution is 2.36. The van der Waals surface area contributed by atoms with Crippen LogP contribution in [0.15, 0.2) is 29.2 Å². The highest BCUT2D eigenvalue weighted by Gasteiger charge is 2.41. The maximum Gasteiger partial charge on any atom is 0.417 e. The lowest BCUT2D eigenvalue weighted by molar-refractivity contribution is -0.139. The molecule has 2 rings (SSSR count). The van der Waals surface area contributed by atoms with Gasteiger partial charge >= 0.3 is 6.18 Å². The van der Waals surface area contributed by atoms with Crippen LogP contribution in [0.25, 0.3) is 0 Å². The van der Waals surface area contributed by atoms with Gasteiger partial charge in [-0.25, -0.2) is 8.42 Å². The van der Waals surface area contributed by atoms with Crippen molar-refractivity contribution < 1.29 is 26.7 Å². The molecule has 1 fully saturated rings. The first-order valence-electron chi connectivity index (χ1n) is 8.00. The number of rotatable bonds is 5. The summed E-state index contributed by atoms with van der Waals surface area (Å²) in [5.41, 5.74) is -1.17. The summed E-state index contributed by atoms with van der Waals surface area (Å²) in [6.07, 6.45) is -1.88. The van der Waals surface area contributed by atoms with Gasteiger partial charge in [0.05, 0.1) is 16.6 Å². The molecule has 1 atom stereocenters. The Labute approximate surface area is 140 Å². The Balaban J connectivity index is 2.48. The number of sulfonamides is 1. The van der Waals surface area contributed by atoms with E-state index < -0.39 is 32.8 Å². The highest BCUT2D eigenvalue weighted by molar-refractivity contribution is 7.89. The van der Waals surface area contributed by atoms with E-state index in [2.05, 4.69) is 0 Å². The van der Waals surface area contributed by atoms with E-state index in [1.807, 2.05) is 0 Å². The van der Waals surface area contributed by atoms with Crippen molar-refractivity contribution in [1.82, 2.24) is 4.31 Å². The minimum Gasteiger partial charge on any atom is -0.392 e. The molecule has 1 aliphatic rings. The van der Waals surface area contributed by atoms with E-state index in [-0.39, 0.29) is 12.6 Å². The third kappa shape index (κ3) is 4.29. The van der Waals surface area contributed by atoms with Crippen LogP contribution in [-0.2, 0) is 16.2 Å². The van der Waals surface area contributed by atoms with Crippen molar-refractivity contribution in [3.63, 3.8) is 0 Å². The van der Waals surface area contributed by atoms with Gasteiger partial charge in [-0.1, -0.05) is 31.4 Å². The molecule has 1 aromatic carbocycles. The predicted molar refractivity (Wildman–Crippen MR) is 83.9 cm³/mol. The van der Waals surface area contributed by atoms with E-state index in [0.29, 0.717) is 12.8 Å². The molecule has 1 aromatic rings. The smallest absolute Gasteiger partial charge is 0.392 e. The maximum atomic E-state index is 13.2. The van der Waals surface area contributed by atoms with E-state index in [1.165, 1.54) is 19.1 Å². The predicted octanol–water partition coefficient (Wildman–Crippen LogP) is 3.41. The first-order chi connectivity index (χ1) is 11.1. The fourth-order valence-electron chi connectivity index (χ4n) is 3.12. The normalized spacial score (nSPS) is 18.8. The summed E-state index contributed by atoms with van der Waals surface area (Å²) in [6, 6.07) is 3.83. The number of aliphatic hydroxyl groups excluding tert-OH is 1. The van der Waals surface area contributed by atoms with Crippen LogP contribution < -0.4 is 0 Å². The molecular formula is C16H22F3NO3S. The molecule has 136 valence electrons. The number of hydrogen-bond acceptors (Lipinski definition) is 3.